The van der Waals surface area contributed by atoms with Crippen molar-refractivity contribution < 1.29 is 4.79 Å². The van der Waals surface area contributed by atoms with Crippen LogP contribution in [0.1, 0.15) is 48.4 Å². The predicted molar refractivity (Wildman–Crippen MR) is 153 cm³/mol. The number of nitrogens with one attached hydrogen (secondary N) is 2. The van der Waals surface area contributed by atoms with Crippen molar-refractivity contribution in [3.05, 3.63) is 108 Å². The summed E-state index contributed by atoms with van der Waals surface area (Å²) in [6, 6.07) is 24.5. The Morgan fingerprint density at radius 1 is 1.00 bits per heavy atom. The lowest BCUT2D eigenvalue weighted by molar-refractivity contribution is -0.118. The maximum absolute atomic E-state index is 12.3. The standard InChI is InChI=1S/C30H31N5OS/c1-19(2)29(36)32-24-15-14-23(18-21(24)4)35-28(27(33-30(35)37)25-8-5-6-16-31-25)26-9-7-17-34(26)22-12-10-20(3)11-13-22/h5-19,27-28H,1-4H3,(H,32,36)(H,33,37)/t27-,28-/m0/s1. The third-order valence-corrected chi connectivity index (χ3v) is 7.08. The van der Waals surface area contributed by atoms with Crippen LogP contribution in [0.5, 0.6) is 0 Å². The number of aryl methyl sites for hydroxylation is 2. The summed E-state index contributed by atoms with van der Waals surface area (Å²) in [7, 11) is 0. The molecule has 2 aromatic carbocycles. The number of carbonyl (C=O) groups excluding carboxylic acids is 1. The Balaban J connectivity index is 1.59. The Kier molecular flexibility index (Phi) is 6.80. The number of hydrogen-bond acceptors (Lipinski definition) is 3. The minimum atomic E-state index is -0.145. The molecule has 2 atom stereocenters. The Hall–Kier alpha value is -3.97. The first kappa shape index (κ1) is 24.7. The molecule has 0 spiro atoms. The molecule has 37 heavy (non-hydrogen) atoms. The van der Waals surface area contributed by atoms with Gasteiger partial charge in [-0.15, -0.1) is 0 Å². The molecule has 2 N–H and O–H groups in total. The van der Waals surface area contributed by atoms with E-state index in [2.05, 4.69) is 80.7 Å². The molecule has 1 aliphatic rings. The molecule has 0 unspecified atom stereocenters. The van der Waals surface area contributed by atoms with Crippen LogP contribution in [0, 0.1) is 19.8 Å². The second-order valence-electron chi connectivity index (χ2n) is 9.78. The average molecular weight is 510 g/mol. The number of benzene rings is 2. The molecule has 0 aliphatic carbocycles. The topological polar surface area (TPSA) is 62.2 Å². The van der Waals surface area contributed by atoms with E-state index in [0.29, 0.717) is 5.11 Å². The van der Waals surface area contributed by atoms with Gasteiger partial charge in [-0.2, -0.15) is 0 Å². The molecular formula is C30H31N5OS. The molecule has 6 nitrogen and oxygen atoms in total. The molecule has 2 aromatic heterocycles. The zero-order valence-corrected chi connectivity index (χ0v) is 22.3. The third kappa shape index (κ3) is 4.87. The molecule has 1 saturated heterocycles. The molecule has 7 heteroatoms. The van der Waals surface area contributed by atoms with E-state index in [0.717, 1.165) is 34.0 Å². The summed E-state index contributed by atoms with van der Waals surface area (Å²) in [6.45, 7) is 7.87. The van der Waals surface area contributed by atoms with Gasteiger partial charge in [-0.3, -0.25) is 9.78 Å². The number of carbonyl (C=O) groups is 1. The van der Waals surface area contributed by atoms with Crippen molar-refractivity contribution in [1.29, 1.82) is 0 Å². The van der Waals surface area contributed by atoms with Gasteiger partial charge in [0, 0.05) is 41.1 Å². The largest absolute Gasteiger partial charge is 0.351 e. The monoisotopic (exact) mass is 509 g/mol. The minimum absolute atomic E-state index is 0.00164. The molecule has 1 amide bonds. The predicted octanol–water partition coefficient (Wildman–Crippen LogP) is 6.26. The van der Waals surface area contributed by atoms with Crippen LogP contribution in [0.4, 0.5) is 11.4 Å². The number of hydrogen-bond donors (Lipinski definition) is 2. The lowest BCUT2D eigenvalue weighted by atomic mass is 10.00. The van der Waals surface area contributed by atoms with Gasteiger partial charge in [0.1, 0.15) is 6.04 Å². The smallest absolute Gasteiger partial charge is 0.226 e. The fraction of sp³-hybridized carbons (Fsp3) is 0.233. The number of anilines is 2. The maximum Gasteiger partial charge on any atom is 0.226 e. The maximum atomic E-state index is 12.3. The van der Waals surface area contributed by atoms with E-state index < -0.39 is 0 Å². The first-order chi connectivity index (χ1) is 17.8. The summed E-state index contributed by atoms with van der Waals surface area (Å²) >= 11 is 5.92. The lowest BCUT2D eigenvalue weighted by Gasteiger charge is -2.29. The van der Waals surface area contributed by atoms with Crippen LogP contribution in [0.2, 0.25) is 0 Å². The number of rotatable bonds is 6. The van der Waals surface area contributed by atoms with Gasteiger partial charge in [0.25, 0.3) is 0 Å². The van der Waals surface area contributed by atoms with Crippen molar-refractivity contribution in [2.24, 2.45) is 5.92 Å². The second-order valence-corrected chi connectivity index (χ2v) is 10.2. The number of pyridine rings is 1. The summed E-state index contributed by atoms with van der Waals surface area (Å²) in [4.78, 5) is 19.1. The van der Waals surface area contributed by atoms with Gasteiger partial charge in [-0.25, -0.2) is 0 Å². The van der Waals surface area contributed by atoms with Crippen LogP contribution >= 0.6 is 12.2 Å². The number of thiocarbonyl (C=S) groups is 1. The molecule has 0 saturated carbocycles. The van der Waals surface area contributed by atoms with Crippen LogP contribution < -0.4 is 15.5 Å². The fourth-order valence-electron chi connectivity index (χ4n) is 4.72. The SMILES string of the molecule is Cc1ccc(-n2cccc2[C@H]2[C@H](c3ccccn3)NC(=S)N2c2ccc(NC(=O)C(C)C)c(C)c2)cc1. The Bertz CT molecular complexity index is 1430. The third-order valence-electron chi connectivity index (χ3n) is 6.76. The lowest BCUT2D eigenvalue weighted by Crippen LogP contribution is -2.30. The highest BCUT2D eigenvalue weighted by atomic mass is 32.1. The van der Waals surface area contributed by atoms with Crippen molar-refractivity contribution in [2.75, 3.05) is 10.2 Å². The van der Waals surface area contributed by atoms with E-state index in [-0.39, 0.29) is 23.9 Å². The van der Waals surface area contributed by atoms with Crippen molar-refractivity contribution in [3.63, 3.8) is 0 Å². The van der Waals surface area contributed by atoms with Gasteiger partial charge in [0.2, 0.25) is 5.91 Å². The van der Waals surface area contributed by atoms with Crippen LogP contribution in [0.15, 0.2) is 85.2 Å². The highest BCUT2D eigenvalue weighted by Crippen LogP contribution is 2.42. The molecule has 3 heterocycles. The summed E-state index contributed by atoms with van der Waals surface area (Å²) in [5.41, 5.74) is 7.07. The van der Waals surface area contributed by atoms with E-state index in [1.807, 2.05) is 57.3 Å². The summed E-state index contributed by atoms with van der Waals surface area (Å²) in [6.07, 6.45) is 3.90. The summed E-state index contributed by atoms with van der Waals surface area (Å²) < 4.78 is 2.22. The van der Waals surface area contributed by atoms with Crippen LogP contribution in [0.25, 0.3) is 5.69 Å². The minimum Gasteiger partial charge on any atom is -0.351 e. The van der Waals surface area contributed by atoms with Crippen LogP contribution in [0.3, 0.4) is 0 Å². The van der Waals surface area contributed by atoms with Gasteiger partial charge < -0.3 is 20.1 Å². The molecular weight excluding hydrogens is 478 g/mol. The zero-order valence-electron chi connectivity index (χ0n) is 21.5. The van der Waals surface area contributed by atoms with E-state index >= 15 is 0 Å². The summed E-state index contributed by atoms with van der Waals surface area (Å²) in [5.74, 6) is -0.0919. The molecule has 0 bridgehead atoms. The van der Waals surface area contributed by atoms with Gasteiger partial charge in [-0.05, 0) is 86.2 Å². The highest BCUT2D eigenvalue weighted by molar-refractivity contribution is 7.80. The van der Waals surface area contributed by atoms with E-state index in [9.17, 15) is 4.79 Å². The number of nitrogens with zero attached hydrogens (tertiary/aromatic N) is 3. The fourth-order valence-corrected chi connectivity index (χ4v) is 5.07. The van der Waals surface area contributed by atoms with Crippen LogP contribution in [-0.2, 0) is 4.79 Å². The van der Waals surface area contributed by atoms with Gasteiger partial charge >= 0.3 is 0 Å². The molecule has 0 radical (unpaired) electrons. The molecule has 4 aromatic rings. The van der Waals surface area contributed by atoms with Gasteiger partial charge in [0.05, 0.1) is 11.7 Å². The van der Waals surface area contributed by atoms with Crippen molar-refractivity contribution in [3.8, 4) is 5.69 Å². The quantitative estimate of drug-likeness (QED) is 0.300. The molecule has 1 aliphatic heterocycles. The summed E-state index contributed by atoms with van der Waals surface area (Å²) in [5, 5.41) is 7.20. The van der Waals surface area contributed by atoms with E-state index in [4.69, 9.17) is 12.2 Å². The van der Waals surface area contributed by atoms with Crippen molar-refractivity contribution in [2.45, 2.75) is 39.8 Å². The first-order valence-corrected chi connectivity index (χ1v) is 12.9. The zero-order chi connectivity index (χ0) is 26.1. The Morgan fingerprint density at radius 3 is 2.43 bits per heavy atom. The number of aromatic nitrogens is 2. The van der Waals surface area contributed by atoms with Crippen molar-refractivity contribution in [1.82, 2.24) is 14.9 Å². The first-order valence-electron chi connectivity index (χ1n) is 12.5. The number of amides is 1. The van der Waals surface area contributed by atoms with Gasteiger partial charge in [0.15, 0.2) is 5.11 Å². The molecule has 1 fully saturated rings. The van der Waals surface area contributed by atoms with E-state index in [1.54, 1.807) is 0 Å². The second kappa shape index (κ2) is 10.2. The Morgan fingerprint density at radius 2 is 1.76 bits per heavy atom. The van der Waals surface area contributed by atoms with Crippen LogP contribution in [-0.4, -0.2) is 20.6 Å². The molecule has 188 valence electrons. The van der Waals surface area contributed by atoms with E-state index in [1.165, 1.54) is 5.56 Å². The average Bonchev–Trinajstić information content (AvgIpc) is 3.50. The van der Waals surface area contributed by atoms with Gasteiger partial charge in [-0.1, -0.05) is 37.6 Å². The normalized spacial score (nSPS) is 17.2. The Labute approximate surface area is 223 Å². The molecule has 5 rings (SSSR count). The highest BCUT2D eigenvalue weighted by Gasteiger charge is 2.42. The van der Waals surface area contributed by atoms with Crippen molar-refractivity contribution >= 4 is 34.6 Å².